The predicted octanol–water partition coefficient (Wildman–Crippen LogP) is 5.31. The van der Waals surface area contributed by atoms with Crippen molar-refractivity contribution in [3.05, 3.63) is 179 Å². The van der Waals surface area contributed by atoms with Crippen LogP contribution in [0.3, 0.4) is 0 Å². The number of likely N-dealkylation sites (tertiary alicyclic amines) is 2. The van der Waals surface area contributed by atoms with Crippen molar-refractivity contribution >= 4 is 55.2 Å². The van der Waals surface area contributed by atoms with E-state index in [1.54, 1.807) is 39.9 Å². The largest absolute Gasteiger partial charge is 0.347 e. The molecule has 2 radical (unpaired) electrons. The van der Waals surface area contributed by atoms with E-state index < -0.39 is 113 Å². The van der Waals surface area contributed by atoms with E-state index in [0.717, 1.165) is 22.3 Å². The summed E-state index contributed by atoms with van der Waals surface area (Å²) in [5, 5.41) is 18.3. The van der Waals surface area contributed by atoms with Crippen LogP contribution in [-0.4, -0.2) is 157 Å². The summed E-state index contributed by atoms with van der Waals surface area (Å²) in [6.07, 6.45) is 0.106. The smallest absolute Gasteiger partial charge is 0.251 e. The fourth-order valence-electron chi connectivity index (χ4n) is 10.5. The monoisotopic (exact) mass is 1140 g/mol. The second-order valence-electron chi connectivity index (χ2n) is 24.5. The lowest BCUT2D eigenvalue weighted by Gasteiger charge is -2.36. The molecule has 8 atom stereocenters. The van der Waals surface area contributed by atoms with Crippen LogP contribution in [0.4, 0.5) is 0 Å². The number of carbonyl (C=O) groups is 8. The Morgan fingerprint density at radius 3 is 1.04 bits per heavy atom. The van der Waals surface area contributed by atoms with Gasteiger partial charge in [-0.2, -0.15) is 0 Å². The van der Waals surface area contributed by atoms with Gasteiger partial charge in [0.05, 0.1) is 24.2 Å². The molecule has 0 aromatic heterocycles. The standard InChI is InChI=1S/C65H81BN10O8/c1-40(73(9)10)56(77)71-54(64(3,4)5)62(83)75-38-48(36-50(75)60(81)69-52(42-24-16-12-17-25-42)43-26-18-13-19-27-43)67-58(79)46-32-34-47(35-33-46)59(80)68-49-37-51(61(82)70-53(44-28-20-14-21-29-44)45-30-22-15-23-31-45)76(39-49)63(84)55(65(6,7)8)72-57(78)41(2)74(11)66/h12-35,40-41,48-55H,36-39H2,1-11H3,(H,67,79)(H,68,80)(H,69,81)(H,70,82)(H,71,77)(H,72,78)/t40-,41-,48-,49-,50-,51-,54+,55+/m0/s1. The van der Waals surface area contributed by atoms with Crippen molar-refractivity contribution in [2.75, 3.05) is 34.2 Å². The fourth-order valence-corrected chi connectivity index (χ4v) is 10.5. The fraction of sp³-hybridized carbons (Fsp3) is 0.415. The number of benzene rings is 5. The van der Waals surface area contributed by atoms with Crippen LogP contribution < -0.4 is 31.9 Å². The number of nitrogens with zero attached hydrogens (tertiary/aromatic N) is 4. The highest BCUT2D eigenvalue weighted by molar-refractivity contribution is 6.07. The molecule has 0 unspecified atom stereocenters. The van der Waals surface area contributed by atoms with Crippen LogP contribution in [0, 0.1) is 10.8 Å². The lowest BCUT2D eigenvalue weighted by molar-refractivity contribution is -0.144. The van der Waals surface area contributed by atoms with E-state index in [1.807, 2.05) is 163 Å². The van der Waals surface area contributed by atoms with Crippen molar-refractivity contribution in [3.8, 4) is 0 Å². The molecule has 442 valence electrons. The quantitative estimate of drug-likeness (QED) is 0.0552. The number of likely N-dealkylation sites (N-methyl/N-ethyl adjacent to an activating group) is 2. The van der Waals surface area contributed by atoms with Gasteiger partial charge < -0.3 is 46.5 Å². The number of nitrogens with one attached hydrogen (secondary N) is 6. The summed E-state index contributed by atoms with van der Waals surface area (Å²) >= 11 is 0. The number of carbonyl (C=O) groups excluding carboxylic acids is 8. The normalized spacial score (nSPS) is 18.6. The Bertz CT molecular complexity index is 2820. The molecule has 5 aromatic carbocycles. The predicted molar refractivity (Wildman–Crippen MR) is 324 cm³/mol. The molecule has 2 aliphatic heterocycles. The van der Waals surface area contributed by atoms with Gasteiger partial charge in [0.15, 0.2) is 7.98 Å². The Kier molecular flexibility index (Phi) is 20.8. The molecule has 84 heavy (non-hydrogen) atoms. The van der Waals surface area contributed by atoms with Crippen LogP contribution in [0.25, 0.3) is 0 Å². The molecule has 18 nitrogen and oxygen atoms in total. The third-order valence-corrected chi connectivity index (χ3v) is 15.9. The molecule has 2 fully saturated rings. The van der Waals surface area contributed by atoms with E-state index in [-0.39, 0.29) is 43.0 Å². The molecule has 0 spiro atoms. The number of hydrogen-bond donors (Lipinski definition) is 6. The third-order valence-electron chi connectivity index (χ3n) is 15.9. The molecular weight excluding hydrogens is 1060 g/mol. The van der Waals surface area contributed by atoms with Gasteiger partial charge in [-0.1, -0.05) is 163 Å². The summed E-state index contributed by atoms with van der Waals surface area (Å²) < 4.78 is 0. The molecule has 6 N–H and O–H groups in total. The number of rotatable bonds is 20. The molecule has 0 saturated carbocycles. The molecule has 0 bridgehead atoms. The summed E-state index contributed by atoms with van der Waals surface area (Å²) in [4.78, 5) is 120. The molecule has 5 aromatic rings. The van der Waals surface area contributed by atoms with Crippen LogP contribution in [0.15, 0.2) is 146 Å². The molecule has 19 heteroatoms. The minimum atomic E-state index is -1.08. The highest BCUT2D eigenvalue weighted by atomic mass is 16.2. The Labute approximate surface area is 495 Å². The molecule has 2 saturated heterocycles. The first-order valence-corrected chi connectivity index (χ1v) is 28.6. The Hall–Kier alpha value is -8.16. The lowest BCUT2D eigenvalue weighted by atomic mass is 9.85. The zero-order valence-electron chi connectivity index (χ0n) is 50.1. The van der Waals surface area contributed by atoms with Crippen molar-refractivity contribution in [2.45, 2.75) is 129 Å². The van der Waals surface area contributed by atoms with E-state index in [2.05, 4.69) is 31.9 Å². The second-order valence-corrected chi connectivity index (χ2v) is 24.5. The summed E-state index contributed by atoms with van der Waals surface area (Å²) in [6.45, 7) is 14.2. The van der Waals surface area contributed by atoms with Gasteiger partial charge >= 0.3 is 0 Å². The number of hydrogen-bond acceptors (Lipinski definition) is 10. The zero-order chi connectivity index (χ0) is 61.2. The van der Waals surface area contributed by atoms with E-state index >= 15 is 0 Å². The summed E-state index contributed by atoms with van der Waals surface area (Å²) in [7, 11) is 11.0. The van der Waals surface area contributed by atoms with Gasteiger partial charge in [-0.05, 0) is 105 Å². The van der Waals surface area contributed by atoms with Gasteiger partial charge in [-0.15, -0.1) is 0 Å². The van der Waals surface area contributed by atoms with Gasteiger partial charge in [0.25, 0.3) is 11.8 Å². The molecule has 8 amide bonds. The maximum Gasteiger partial charge on any atom is 0.251 e. The van der Waals surface area contributed by atoms with Crippen LogP contribution in [0.5, 0.6) is 0 Å². The maximum absolute atomic E-state index is 14.9. The molecular formula is C65H81BN10O8. The van der Waals surface area contributed by atoms with Gasteiger partial charge in [-0.25, -0.2) is 0 Å². The molecule has 7 rings (SSSR count). The van der Waals surface area contributed by atoms with Crippen molar-refractivity contribution in [2.24, 2.45) is 10.8 Å². The first-order chi connectivity index (χ1) is 39.7. The minimum absolute atomic E-state index is 0.0394. The van der Waals surface area contributed by atoms with Crippen molar-refractivity contribution < 1.29 is 38.4 Å². The first kappa shape index (κ1) is 63.4. The molecule has 2 heterocycles. The van der Waals surface area contributed by atoms with Crippen LogP contribution in [-0.2, 0) is 28.8 Å². The Balaban J connectivity index is 1.10. The third kappa shape index (κ3) is 15.7. The average molecular weight is 1140 g/mol. The molecule has 2 aliphatic rings. The van der Waals surface area contributed by atoms with Crippen molar-refractivity contribution in [1.29, 1.82) is 0 Å². The summed E-state index contributed by atoms with van der Waals surface area (Å²) in [5.41, 5.74) is 2.11. The summed E-state index contributed by atoms with van der Waals surface area (Å²) in [5.74, 6) is -3.74. The Morgan fingerprint density at radius 1 is 0.464 bits per heavy atom. The second kappa shape index (κ2) is 27.5. The lowest BCUT2D eigenvalue weighted by Crippen LogP contribution is -2.59. The van der Waals surface area contributed by atoms with E-state index in [9.17, 15) is 38.4 Å². The highest BCUT2D eigenvalue weighted by Crippen LogP contribution is 2.31. The average Bonchev–Trinajstić information content (AvgIpc) is 3.98. The maximum atomic E-state index is 14.9. The van der Waals surface area contributed by atoms with E-state index in [1.165, 1.54) is 38.9 Å². The zero-order valence-corrected chi connectivity index (χ0v) is 50.1. The van der Waals surface area contributed by atoms with Crippen LogP contribution in [0.1, 0.15) is 123 Å². The van der Waals surface area contributed by atoms with Gasteiger partial charge in [0.1, 0.15) is 24.2 Å². The van der Waals surface area contributed by atoms with Gasteiger partial charge in [0.2, 0.25) is 35.4 Å². The van der Waals surface area contributed by atoms with Gasteiger partial charge in [0, 0.05) is 36.3 Å². The van der Waals surface area contributed by atoms with Crippen LogP contribution >= 0.6 is 0 Å². The van der Waals surface area contributed by atoms with Crippen molar-refractivity contribution in [1.82, 2.24) is 51.4 Å². The molecule has 0 aliphatic carbocycles. The topological polar surface area (TPSA) is 222 Å². The SMILES string of the molecule is [B]N(C)[C@@H](C)C(=O)N[C@H](C(=O)N1C[C@@H](NC(=O)c2ccc(C(=O)N[C@H]3C[C@@H](C(=O)NC(c4ccccc4)c4ccccc4)N(C(=O)[C@@H](NC(=O)[C@H](C)N(C)C)C(C)(C)C)C3)cc2)C[C@H]1C(=O)NC(c1ccccc1)c1ccccc1)C(C)(C)C. The van der Waals surface area contributed by atoms with Gasteiger partial charge in [-0.3, -0.25) is 43.3 Å². The van der Waals surface area contributed by atoms with Crippen molar-refractivity contribution in [3.63, 3.8) is 0 Å². The highest BCUT2D eigenvalue weighted by Gasteiger charge is 2.48. The minimum Gasteiger partial charge on any atom is -0.347 e. The van der Waals surface area contributed by atoms with Crippen LogP contribution in [0.2, 0.25) is 0 Å². The number of amides is 8. The summed E-state index contributed by atoms with van der Waals surface area (Å²) in [6, 6.07) is 35.8. The van der Waals surface area contributed by atoms with E-state index in [0.29, 0.717) is 0 Å². The Morgan fingerprint density at radius 2 is 0.762 bits per heavy atom. The first-order valence-electron chi connectivity index (χ1n) is 28.6. The van der Waals surface area contributed by atoms with E-state index in [4.69, 9.17) is 7.98 Å².